The summed E-state index contributed by atoms with van der Waals surface area (Å²) >= 11 is 0. The van der Waals surface area contributed by atoms with Crippen LogP contribution >= 0.6 is 0 Å². The Labute approximate surface area is 217 Å². The maximum atomic E-state index is 14.3. The number of rotatable bonds is 6. The lowest BCUT2D eigenvalue weighted by atomic mass is 10.1. The number of benzene rings is 3. The summed E-state index contributed by atoms with van der Waals surface area (Å²) in [5.74, 6) is -0.742. The molecule has 190 valence electrons. The lowest BCUT2D eigenvalue weighted by Gasteiger charge is -2.25. The second-order valence-electron chi connectivity index (χ2n) is 8.66. The van der Waals surface area contributed by atoms with E-state index in [1.807, 2.05) is 56.3 Å². The molecule has 10 heteroatoms. The highest BCUT2D eigenvalue weighted by molar-refractivity contribution is 6.13. The van der Waals surface area contributed by atoms with Crippen molar-refractivity contribution in [1.29, 1.82) is 0 Å². The van der Waals surface area contributed by atoms with Gasteiger partial charge in [0.1, 0.15) is 29.7 Å². The Kier molecular flexibility index (Phi) is 6.53. The molecule has 0 radical (unpaired) electrons. The summed E-state index contributed by atoms with van der Waals surface area (Å²) in [5.41, 5.74) is 9.54. The van der Waals surface area contributed by atoms with Gasteiger partial charge in [-0.2, -0.15) is 5.10 Å². The van der Waals surface area contributed by atoms with Crippen molar-refractivity contribution in [3.8, 4) is 17.0 Å². The predicted molar refractivity (Wildman–Crippen MR) is 145 cm³/mol. The molecule has 5 rings (SSSR count). The molecule has 0 aliphatic carbocycles. The first-order valence-corrected chi connectivity index (χ1v) is 11.8. The Morgan fingerprint density at radius 2 is 1.84 bits per heavy atom. The zero-order valence-electron chi connectivity index (χ0n) is 20.7. The van der Waals surface area contributed by atoms with E-state index in [1.54, 1.807) is 16.8 Å². The van der Waals surface area contributed by atoms with Gasteiger partial charge in [0, 0.05) is 11.3 Å². The number of para-hydroxylation sites is 2. The number of carbonyl (C=O) groups excluding carboxylic acids is 1. The van der Waals surface area contributed by atoms with Gasteiger partial charge in [-0.05, 0) is 55.8 Å². The minimum absolute atomic E-state index is 0.157. The second kappa shape index (κ2) is 10.1. The zero-order valence-corrected chi connectivity index (χ0v) is 20.7. The number of amides is 1. The molecule has 0 saturated heterocycles. The molecule has 0 aliphatic heterocycles. The molecule has 2 heterocycles. The molecule has 3 N–H and O–H groups in total. The topological polar surface area (TPSA) is 123 Å². The van der Waals surface area contributed by atoms with Gasteiger partial charge in [0.2, 0.25) is 6.41 Å². The number of hydrogen-bond donors (Lipinski definition) is 2. The van der Waals surface area contributed by atoms with E-state index in [-0.39, 0.29) is 5.82 Å². The summed E-state index contributed by atoms with van der Waals surface area (Å²) in [6, 6.07) is 20.0. The second-order valence-corrected chi connectivity index (χ2v) is 8.66. The Balaban J connectivity index is 1.74. The van der Waals surface area contributed by atoms with E-state index in [9.17, 15) is 14.3 Å². The summed E-state index contributed by atoms with van der Waals surface area (Å²) in [6.45, 7) is 3.77. The molecule has 0 bridgehead atoms. The lowest BCUT2D eigenvalue weighted by molar-refractivity contribution is -0.106. The van der Waals surface area contributed by atoms with Crippen LogP contribution in [0.3, 0.4) is 0 Å². The van der Waals surface area contributed by atoms with E-state index >= 15 is 0 Å². The van der Waals surface area contributed by atoms with Crippen molar-refractivity contribution < 1.29 is 14.3 Å². The first kappa shape index (κ1) is 24.6. The van der Waals surface area contributed by atoms with Gasteiger partial charge in [0.05, 0.1) is 11.1 Å². The molecule has 0 fully saturated rings. The fourth-order valence-electron chi connectivity index (χ4n) is 4.23. The number of aryl methyl sites for hydroxylation is 1. The van der Waals surface area contributed by atoms with Crippen LogP contribution in [-0.4, -0.2) is 37.1 Å². The highest BCUT2D eigenvalue weighted by Crippen LogP contribution is 2.34. The van der Waals surface area contributed by atoms with Crippen LogP contribution in [0.2, 0.25) is 0 Å². The number of fused-ring (bicyclic) bond motifs is 1. The van der Waals surface area contributed by atoms with Gasteiger partial charge in [-0.3, -0.25) is 9.69 Å². The third-order valence-electron chi connectivity index (χ3n) is 6.22. The molecule has 9 nitrogen and oxygen atoms in total. The lowest BCUT2D eigenvalue weighted by Crippen LogP contribution is -2.36. The highest BCUT2D eigenvalue weighted by atomic mass is 19.1. The molecule has 0 spiro atoms. The molecule has 1 amide bonds. The molecule has 1 atom stereocenters. The number of carbonyl (C=O) groups is 1. The van der Waals surface area contributed by atoms with Gasteiger partial charge in [-0.1, -0.05) is 36.4 Å². The van der Waals surface area contributed by atoms with E-state index < -0.39 is 17.6 Å². The van der Waals surface area contributed by atoms with Gasteiger partial charge in [-0.15, -0.1) is 0 Å². The number of aliphatic imine (C=N–C) groups is 1. The molecule has 5 aromatic rings. The third kappa shape index (κ3) is 4.43. The van der Waals surface area contributed by atoms with E-state index in [0.717, 1.165) is 5.56 Å². The van der Waals surface area contributed by atoms with Crippen LogP contribution in [0, 0.1) is 12.7 Å². The smallest absolute Gasteiger partial charge is 0.219 e. The van der Waals surface area contributed by atoms with Crippen molar-refractivity contribution in [3.05, 3.63) is 90.5 Å². The Hall–Kier alpha value is -5.12. The minimum Gasteiger partial charge on any atom is -0.505 e. The fraction of sp³-hybridized carbons (Fsp3) is 0.107. The van der Waals surface area contributed by atoms with Crippen LogP contribution in [0.15, 0.2) is 84.1 Å². The quantitative estimate of drug-likeness (QED) is 0.185. The number of nitrogens with two attached hydrogens (primary N) is 1. The molecule has 1 unspecified atom stereocenters. The van der Waals surface area contributed by atoms with E-state index in [0.29, 0.717) is 45.9 Å². The molecular weight excluding hydrogens is 485 g/mol. The molecule has 3 aromatic carbocycles. The summed E-state index contributed by atoms with van der Waals surface area (Å²) in [7, 11) is 0. The summed E-state index contributed by atoms with van der Waals surface area (Å²) in [5, 5.41) is 14.8. The van der Waals surface area contributed by atoms with Crippen molar-refractivity contribution in [2.24, 2.45) is 4.99 Å². The van der Waals surface area contributed by atoms with Crippen LogP contribution in [0.4, 0.5) is 21.6 Å². The summed E-state index contributed by atoms with van der Waals surface area (Å²) in [6.07, 6.45) is 2.02. The van der Waals surface area contributed by atoms with Crippen LogP contribution in [0.1, 0.15) is 18.5 Å². The number of nitrogen functional groups attached to an aromatic ring is 1. The molecular formula is C28H24FN7O2. The summed E-state index contributed by atoms with van der Waals surface area (Å²) < 4.78 is 15.9. The Bertz CT molecular complexity index is 1670. The van der Waals surface area contributed by atoms with E-state index in [1.165, 1.54) is 29.4 Å². The number of halogens is 1. The fourth-order valence-corrected chi connectivity index (χ4v) is 4.23. The zero-order chi connectivity index (χ0) is 26.8. The van der Waals surface area contributed by atoms with Gasteiger partial charge in [0.15, 0.2) is 17.2 Å². The van der Waals surface area contributed by atoms with Gasteiger partial charge >= 0.3 is 0 Å². The Morgan fingerprint density at radius 3 is 2.55 bits per heavy atom. The number of aromatic hydroxyl groups is 1. The Morgan fingerprint density at radius 1 is 1.11 bits per heavy atom. The number of phenols is 1. The SMILES string of the molecule is Cc1ccccc1/N=C(/C(C)n1nc(-c2ccc(O)c(F)c2)c2c(N)ncnc21)N(C=O)c1ccccc1. The molecule has 38 heavy (non-hydrogen) atoms. The van der Waals surface area contributed by atoms with Crippen LogP contribution in [0.5, 0.6) is 5.75 Å². The van der Waals surface area contributed by atoms with Crippen molar-refractivity contribution in [2.75, 3.05) is 10.6 Å². The van der Waals surface area contributed by atoms with E-state index in [4.69, 9.17) is 15.8 Å². The third-order valence-corrected chi connectivity index (χ3v) is 6.22. The van der Waals surface area contributed by atoms with Crippen molar-refractivity contribution >= 4 is 40.5 Å². The number of amidine groups is 1. The largest absolute Gasteiger partial charge is 0.505 e. The van der Waals surface area contributed by atoms with Crippen molar-refractivity contribution in [3.63, 3.8) is 0 Å². The predicted octanol–water partition coefficient (Wildman–Crippen LogP) is 5.18. The normalized spacial score (nSPS) is 12.4. The maximum absolute atomic E-state index is 14.3. The molecule has 0 aliphatic rings. The van der Waals surface area contributed by atoms with E-state index in [2.05, 4.69) is 9.97 Å². The number of aromatic nitrogens is 4. The molecule has 2 aromatic heterocycles. The standard InChI is InChI=1S/C28H24FN7O2/c1-17-8-6-7-11-22(17)33-27(35(16-37)20-9-4-3-5-10-20)18(2)36-28-24(26(30)31-15-32-28)25(34-36)19-12-13-23(38)21(29)14-19/h3-16,18,38H,1-2H3,(H2,30,31,32)/b33-27-. The highest BCUT2D eigenvalue weighted by Gasteiger charge is 2.27. The van der Waals surface area contributed by atoms with Crippen LogP contribution < -0.4 is 10.6 Å². The first-order chi connectivity index (χ1) is 18.4. The maximum Gasteiger partial charge on any atom is 0.219 e. The minimum atomic E-state index is -0.799. The van der Waals surface area contributed by atoms with Crippen molar-refractivity contribution in [2.45, 2.75) is 19.9 Å². The number of phenolic OH excluding ortho intramolecular Hbond substituents is 1. The average molecular weight is 510 g/mol. The van der Waals surface area contributed by atoms with Gasteiger partial charge in [0.25, 0.3) is 0 Å². The monoisotopic (exact) mass is 509 g/mol. The molecule has 0 saturated carbocycles. The van der Waals surface area contributed by atoms with Gasteiger partial charge in [-0.25, -0.2) is 24.0 Å². The number of anilines is 2. The van der Waals surface area contributed by atoms with Crippen LogP contribution in [0.25, 0.3) is 22.3 Å². The number of hydrogen-bond acceptors (Lipinski definition) is 7. The summed E-state index contributed by atoms with van der Waals surface area (Å²) in [4.78, 5) is 27.4. The van der Waals surface area contributed by atoms with Crippen molar-refractivity contribution in [1.82, 2.24) is 19.7 Å². The number of nitrogens with zero attached hydrogens (tertiary/aromatic N) is 6. The van der Waals surface area contributed by atoms with Gasteiger partial charge < -0.3 is 10.8 Å². The van der Waals surface area contributed by atoms with Crippen LogP contribution in [-0.2, 0) is 4.79 Å². The average Bonchev–Trinajstić information content (AvgIpc) is 3.32. The first-order valence-electron chi connectivity index (χ1n) is 11.8.